The van der Waals surface area contributed by atoms with Gasteiger partial charge in [-0.1, -0.05) is 6.92 Å². The summed E-state index contributed by atoms with van der Waals surface area (Å²) in [7, 11) is -2.88. The molecular weight excluding hydrogens is 248 g/mol. The van der Waals surface area contributed by atoms with Gasteiger partial charge in [0.15, 0.2) is 9.84 Å². The van der Waals surface area contributed by atoms with Crippen LogP contribution in [-0.4, -0.2) is 57.0 Å². The summed E-state index contributed by atoms with van der Waals surface area (Å²) in [6, 6.07) is 0. The van der Waals surface area contributed by atoms with Crippen LogP contribution in [0.25, 0.3) is 0 Å². The third-order valence-corrected chi connectivity index (χ3v) is 5.99. The van der Waals surface area contributed by atoms with E-state index in [-0.39, 0.29) is 5.25 Å². The first-order chi connectivity index (χ1) is 8.45. The summed E-state index contributed by atoms with van der Waals surface area (Å²) in [6.45, 7) is 10.6. The first kappa shape index (κ1) is 15.9. The van der Waals surface area contributed by atoms with Gasteiger partial charge in [0.25, 0.3) is 0 Å². The molecule has 0 aromatic carbocycles. The molecule has 0 amide bonds. The summed E-state index contributed by atoms with van der Waals surface area (Å²) in [5.74, 6) is 1.07. The lowest BCUT2D eigenvalue weighted by Gasteiger charge is -2.32. The smallest absolute Gasteiger partial charge is 0.153 e. The van der Waals surface area contributed by atoms with Gasteiger partial charge in [-0.25, -0.2) is 8.42 Å². The van der Waals surface area contributed by atoms with E-state index in [9.17, 15) is 8.42 Å². The molecule has 1 saturated heterocycles. The third kappa shape index (κ3) is 5.24. The van der Waals surface area contributed by atoms with Crippen molar-refractivity contribution in [1.29, 1.82) is 0 Å². The Balaban J connectivity index is 2.24. The molecule has 1 aliphatic rings. The molecule has 108 valence electrons. The molecule has 0 aliphatic carbocycles. The standard InChI is InChI=1S/C13H28N2O2S/c1-4-14-11-13-5-7-15(8-6-13)9-10-18(16,17)12(2)3/h12-14H,4-11H2,1-3H3. The lowest BCUT2D eigenvalue weighted by atomic mass is 9.97. The molecule has 18 heavy (non-hydrogen) atoms. The minimum absolute atomic E-state index is 0.246. The van der Waals surface area contributed by atoms with E-state index in [2.05, 4.69) is 17.1 Å². The van der Waals surface area contributed by atoms with Crippen LogP contribution in [0.3, 0.4) is 0 Å². The molecule has 1 aliphatic heterocycles. The highest BCUT2D eigenvalue weighted by Gasteiger charge is 2.21. The van der Waals surface area contributed by atoms with Gasteiger partial charge < -0.3 is 10.2 Å². The van der Waals surface area contributed by atoms with Crippen LogP contribution in [-0.2, 0) is 9.84 Å². The average molecular weight is 276 g/mol. The van der Waals surface area contributed by atoms with Crippen molar-refractivity contribution in [3.63, 3.8) is 0 Å². The summed E-state index contributed by atoms with van der Waals surface area (Å²) in [5, 5.41) is 3.14. The van der Waals surface area contributed by atoms with Crippen LogP contribution in [0.4, 0.5) is 0 Å². The molecule has 0 aromatic rings. The second kappa shape index (κ2) is 7.46. The SMILES string of the molecule is CCNCC1CCN(CCS(=O)(=O)C(C)C)CC1. The Morgan fingerprint density at radius 3 is 2.39 bits per heavy atom. The monoisotopic (exact) mass is 276 g/mol. The average Bonchev–Trinajstić information content (AvgIpc) is 2.35. The first-order valence-corrected chi connectivity index (χ1v) is 8.82. The Morgan fingerprint density at radius 1 is 1.28 bits per heavy atom. The Kier molecular flexibility index (Phi) is 6.60. The molecule has 5 heteroatoms. The quantitative estimate of drug-likeness (QED) is 0.757. The van der Waals surface area contributed by atoms with Gasteiger partial charge in [0.2, 0.25) is 0 Å². The van der Waals surface area contributed by atoms with Gasteiger partial charge in [-0.3, -0.25) is 0 Å². The van der Waals surface area contributed by atoms with Crippen molar-refractivity contribution in [3.05, 3.63) is 0 Å². The van der Waals surface area contributed by atoms with E-state index in [1.54, 1.807) is 13.8 Å². The van der Waals surface area contributed by atoms with Crippen molar-refractivity contribution in [3.8, 4) is 0 Å². The number of likely N-dealkylation sites (tertiary alicyclic amines) is 1. The van der Waals surface area contributed by atoms with Crippen molar-refractivity contribution in [2.75, 3.05) is 38.5 Å². The Hall–Kier alpha value is -0.130. The summed E-state index contributed by atoms with van der Waals surface area (Å²) in [4.78, 5) is 2.29. The van der Waals surface area contributed by atoms with E-state index in [1.807, 2.05) is 0 Å². The zero-order chi connectivity index (χ0) is 13.6. The lowest BCUT2D eigenvalue weighted by Crippen LogP contribution is -2.40. The molecule has 0 aromatic heterocycles. The number of hydrogen-bond donors (Lipinski definition) is 1. The van der Waals surface area contributed by atoms with Crippen LogP contribution in [0, 0.1) is 5.92 Å². The van der Waals surface area contributed by atoms with Crippen LogP contribution in [0.15, 0.2) is 0 Å². The van der Waals surface area contributed by atoms with Gasteiger partial charge in [-0.15, -0.1) is 0 Å². The largest absolute Gasteiger partial charge is 0.317 e. The number of piperidine rings is 1. The Morgan fingerprint density at radius 2 is 1.89 bits per heavy atom. The van der Waals surface area contributed by atoms with Gasteiger partial charge in [0.1, 0.15) is 0 Å². The van der Waals surface area contributed by atoms with E-state index < -0.39 is 9.84 Å². The molecule has 0 radical (unpaired) electrons. The van der Waals surface area contributed by atoms with Crippen molar-refractivity contribution in [2.24, 2.45) is 5.92 Å². The highest BCUT2D eigenvalue weighted by atomic mass is 32.2. The fourth-order valence-corrected chi connectivity index (χ4v) is 3.24. The second-order valence-corrected chi connectivity index (χ2v) is 8.19. The maximum Gasteiger partial charge on any atom is 0.153 e. The summed E-state index contributed by atoms with van der Waals surface area (Å²) >= 11 is 0. The molecular formula is C13H28N2O2S. The number of nitrogens with one attached hydrogen (secondary N) is 1. The number of rotatable bonds is 7. The van der Waals surface area contributed by atoms with Crippen molar-refractivity contribution in [2.45, 2.75) is 38.9 Å². The van der Waals surface area contributed by atoms with Gasteiger partial charge >= 0.3 is 0 Å². The normalized spacial score (nSPS) is 19.6. The van der Waals surface area contributed by atoms with Crippen molar-refractivity contribution in [1.82, 2.24) is 10.2 Å². The van der Waals surface area contributed by atoms with Crippen molar-refractivity contribution >= 4 is 9.84 Å². The summed E-state index contributed by atoms with van der Waals surface area (Å²) in [6.07, 6.45) is 2.38. The summed E-state index contributed by atoms with van der Waals surface area (Å²) < 4.78 is 23.5. The predicted molar refractivity (Wildman–Crippen MR) is 76.6 cm³/mol. The first-order valence-electron chi connectivity index (χ1n) is 7.10. The molecule has 1 N–H and O–H groups in total. The molecule has 1 heterocycles. The van der Waals surface area contributed by atoms with Crippen LogP contribution >= 0.6 is 0 Å². The maximum absolute atomic E-state index is 11.7. The fourth-order valence-electron chi connectivity index (χ4n) is 2.25. The predicted octanol–water partition coefficient (Wildman–Crippen LogP) is 1.13. The molecule has 0 bridgehead atoms. The van der Waals surface area contributed by atoms with Crippen molar-refractivity contribution < 1.29 is 8.42 Å². The zero-order valence-corrected chi connectivity index (χ0v) is 12.8. The van der Waals surface area contributed by atoms with Gasteiger partial charge in [0.05, 0.1) is 11.0 Å². The number of hydrogen-bond acceptors (Lipinski definition) is 4. The van der Waals surface area contributed by atoms with E-state index in [1.165, 1.54) is 12.8 Å². The number of nitrogens with zero attached hydrogens (tertiary/aromatic N) is 1. The lowest BCUT2D eigenvalue weighted by molar-refractivity contribution is 0.191. The molecule has 0 spiro atoms. The fraction of sp³-hybridized carbons (Fsp3) is 1.00. The molecule has 0 unspecified atom stereocenters. The molecule has 0 atom stereocenters. The molecule has 1 rings (SSSR count). The van der Waals surface area contributed by atoms with Gasteiger partial charge in [0, 0.05) is 6.54 Å². The molecule has 4 nitrogen and oxygen atoms in total. The minimum atomic E-state index is -2.88. The zero-order valence-electron chi connectivity index (χ0n) is 12.0. The molecule has 0 saturated carbocycles. The van der Waals surface area contributed by atoms with E-state index in [0.29, 0.717) is 12.3 Å². The van der Waals surface area contributed by atoms with Gasteiger partial charge in [-0.05, 0) is 58.8 Å². The Bertz CT molecular complexity index is 320. The second-order valence-electron chi connectivity index (χ2n) is 5.51. The third-order valence-electron chi connectivity index (χ3n) is 3.80. The Labute approximate surface area is 112 Å². The maximum atomic E-state index is 11.7. The highest BCUT2D eigenvalue weighted by Crippen LogP contribution is 2.16. The number of sulfone groups is 1. The molecule has 1 fully saturated rings. The van der Waals surface area contributed by atoms with E-state index in [4.69, 9.17) is 0 Å². The van der Waals surface area contributed by atoms with Crippen LogP contribution in [0.2, 0.25) is 0 Å². The van der Waals surface area contributed by atoms with E-state index >= 15 is 0 Å². The van der Waals surface area contributed by atoms with Crippen LogP contribution in [0.5, 0.6) is 0 Å². The van der Waals surface area contributed by atoms with E-state index in [0.717, 1.165) is 32.1 Å². The topological polar surface area (TPSA) is 49.4 Å². The summed E-state index contributed by atoms with van der Waals surface area (Å²) in [5.41, 5.74) is 0. The minimum Gasteiger partial charge on any atom is -0.317 e. The highest BCUT2D eigenvalue weighted by molar-refractivity contribution is 7.92. The van der Waals surface area contributed by atoms with Crippen LogP contribution < -0.4 is 5.32 Å². The van der Waals surface area contributed by atoms with Gasteiger partial charge in [-0.2, -0.15) is 0 Å². The van der Waals surface area contributed by atoms with Crippen LogP contribution in [0.1, 0.15) is 33.6 Å².